The Bertz CT molecular complexity index is 689. The second kappa shape index (κ2) is 6.63. The number of carbonyl (C=O) groups excluding carboxylic acids is 1. The third-order valence-electron chi connectivity index (χ3n) is 4.61. The molecule has 1 aromatic heterocycles. The first kappa shape index (κ1) is 16.5. The van der Waals surface area contributed by atoms with Crippen LogP contribution in [0.3, 0.4) is 0 Å². The zero-order valence-electron chi connectivity index (χ0n) is 14.6. The monoisotopic (exact) mass is 323 g/mol. The topological polar surface area (TPSA) is 45.2 Å². The highest BCUT2D eigenvalue weighted by atomic mass is 16.2. The summed E-state index contributed by atoms with van der Waals surface area (Å²) in [5, 5.41) is 2.97. The molecule has 2 amide bonds. The van der Waals surface area contributed by atoms with Crippen LogP contribution in [-0.2, 0) is 5.41 Å². The standard InChI is InChI=1S/C20H25N3O/c1-20(2,3)16-8-6-15(7-9-16)18-5-4-14-23(18)19(24)22-17-10-12-21-13-11-17/h6-13,18H,4-5,14H2,1-3H3,(H,21,22,24). The fourth-order valence-corrected chi connectivity index (χ4v) is 3.19. The third-order valence-corrected chi connectivity index (χ3v) is 4.61. The Hall–Kier alpha value is -2.36. The first-order valence-electron chi connectivity index (χ1n) is 8.53. The van der Waals surface area contributed by atoms with Gasteiger partial charge in [0.25, 0.3) is 0 Å². The number of benzene rings is 1. The number of anilines is 1. The van der Waals surface area contributed by atoms with Gasteiger partial charge in [-0.2, -0.15) is 0 Å². The van der Waals surface area contributed by atoms with Crippen LogP contribution >= 0.6 is 0 Å². The summed E-state index contributed by atoms with van der Waals surface area (Å²) in [7, 11) is 0. The quantitative estimate of drug-likeness (QED) is 0.867. The first-order chi connectivity index (χ1) is 11.4. The third kappa shape index (κ3) is 3.58. The minimum atomic E-state index is -0.0383. The van der Waals surface area contributed by atoms with Crippen LogP contribution in [0.15, 0.2) is 48.8 Å². The minimum absolute atomic E-state index is 0.0383. The molecule has 4 heteroatoms. The maximum absolute atomic E-state index is 12.6. The van der Waals surface area contributed by atoms with Crippen molar-refractivity contribution < 1.29 is 4.79 Å². The van der Waals surface area contributed by atoms with E-state index in [4.69, 9.17) is 0 Å². The lowest BCUT2D eigenvalue weighted by Crippen LogP contribution is -2.34. The van der Waals surface area contributed by atoms with Gasteiger partial charge in [0.1, 0.15) is 0 Å². The van der Waals surface area contributed by atoms with Gasteiger partial charge >= 0.3 is 6.03 Å². The minimum Gasteiger partial charge on any atom is -0.317 e. The van der Waals surface area contributed by atoms with Gasteiger partial charge in [0.05, 0.1) is 6.04 Å². The maximum atomic E-state index is 12.6. The molecule has 2 heterocycles. The fourth-order valence-electron chi connectivity index (χ4n) is 3.19. The summed E-state index contributed by atoms with van der Waals surface area (Å²) in [6, 6.07) is 12.4. The summed E-state index contributed by atoms with van der Waals surface area (Å²) in [4.78, 5) is 18.5. The van der Waals surface area contributed by atoms with Gasteiger partial charge < -0.3 is 10.2 Å². The number of rotatable bonds is 2. The Morgan fingerprint density at radius 1 is 1.12 bits per heavy atom. The molecule has 1 aromatic carbocycles. The fraction of sp³-hybridized carbons (Fsp3) is 0.400. The van der Waals surface area contributed by atoms with E-state index in [-0.39, 0.29) is 17.5 Å². The number of nitrogens with zero attached hydrogens (tertiary/aromatic N) is 2. The molecule has 0 aliphatic carbocycles. The van der Waals surface area contributed by atoms with E-state index in [0.717, 1.165) is 25.1 Å². The number of likely N-dealkylation sites (tertiary alicyclic amines) is 1. The largest absolute Gasteiger partial charge is 0.322 e. The Labute approximate surface area is 143 Å². The number of amides is 2. The highest BCUT2D eigenvalue weighted by molar-refractivity contribution is 5.89. The van der Waals surface area contributed by atoms with E-state index in [2.05, 4.69) is 55.3 Å². The molecule has 0 bridgehead atoms. The zero-order chi connectivity index (χ0) is 17.2. The van der Waals surface area contributed by atoms with Crippen LogP contribution in [0.5, 0.6) is 0 Å². The second-order valence-corrected chi connectivity index (χ2v) is 7.39. The van der Waals surface area contributed by atoms with Crippen molar-refractivity contribution in [1.29, 1.82) is 0 Å². The lowest BCUT2D eigenvalue weighted by atomic mass is 9.86. The Balaban J connectivity index is 1.74. The molecule has 0 spiro atoms. The SMILES string of the molecule is CC(C)(C)c1ccc(C2CCCN2C(=O)Nc2ccncc2)cc1. The average Bonchev–Trinajstić information content (AvgIpc) is 3.05. The molecule has 24 heavy (non-hydrogen) atoms. The molecule has 1 atom stereocenters. The van der Waals surface area contributed by atoms with Gasteiger partial charge in [0.2, 0.25) is 0 Å². The van der Waals surface area contributed by atoms with E-state index >= 15 is 0 Å². The molecule has 1 aliphatic heterocycles. The van der Waals surface area contributed by atoms with E-state index in [1.807, 2.05) is 4.90 Å². The molecule has 4 nitrogen and oxygen atoms in total. The normalized spacial score (nSPS) is 17.8. The molecule has 1 saturated heterocycles. The molecule has 0 saturated carbocycles. The van der Waals surface area contributed by atoms with E-state index in [1.54, 1.807) is 24.5 Å². The predicted octanol–water partition coefficient (Wildman–Crippen LogP) is 4.75. The molecule has 1 unspecified atom stereocenters. The molecule has 126 valence electrons. The van der Waals surface area contributed by atoms with Crippen molar-refractivity contribution in [2.75, 3.05) is 11.9 Å². The molecule has 0 radical (unpaired) electrons. The lowest BCUT2D eigenvalue weighted by molar-refractivity contribution is 0.207. The van der Waals surface area contributed by atoms with Crippen molar-refractivity contribution in [3.05, 3.63) is 59.9 Å². The van der Waals surface area contributed by atoms with Gasteiger partial charge in [0, 0.05) is 24.6 Å². The molecule has 2 aromatic rings. The number of pyridine rings is 1. The Morgan fingerprint density at radius 2 is 1.79 bits per heavy atom. The van der Waals surface area contributed by atoms with Crippen LogP contribution in [0.1, 0.15) is 50.8 Å². The number of urea groups is 1. The van der Waals surface area contributed by atoms with Crippen LogP contribution in [0.2, 0.25) is 0 Å². The highest BCUT2D eigenvalue weighted by Gasteiger charge is 2.30. The van der Waals surface area contributed by atoms with Crippen molar-refractivity contribution in [3.8, 4) is 0 Å². The summed E-state index contributed by atoms with van der Waals surface area (Å²) in [6.07, 6.45) is 5.42. The zero-order valence-corrected chi connectivity index (χ0v) is 14.6. The molecular formula is C20H25N3O. The summed E-state index contributed by atoms with van der Waals surface area (Å²) >= 11 is 0. The van der Waals surface area contributed by atoms with Gasteiger partial charge in [-0.1, -0.05) is 45.0 Å². The van der Waals surface area contributed by atoms with Crippen molar-refractivity contribution in [1.82, 2.24) is 9.88 Å². The van der Waals surface area contributed by atoms with E-state index in [1.165, 1.54) is 11.1 Å². The number of hydrogen-bond donors (Lipinski definition) is 1. The van der Waals surface area contributed by atoms with Gasteiger partial charge in [-0.3, -0.25) is 4.98 Å². The number of nitrogens with one attached hydrogen (secondary N) is 1. The van der Waals surface area contributed by atoms with Gasteiger partial charge in [-0.25, -0.2) is 4.79 Å². The van der Waals surface area contributed by atoms with Crippen LogP contribution in [-0.4, -0.2) is 22.5 Å². The van der Waals surface area contributed by atoms with Crippen molar-refractivity contribution in [3.63, 3.8) is 0 Å². The van der Waals surface area contributed by atoms with Gasteiger partial charge in [0.15, 0.2) is 0 Å². The molecule has 1 aliphatic rings. The van der Waals surface area contributed by atoms with Crippen molar-refractivity contribution >= 4 is 11.7 Å². The average molecular weight is 323 g/mol. The molecular weight excluding hydrogens is 298 g/mol. The van der Waals surface area contributed by atoms with E-state index in [9.17, 15) is 4.79 Å². The van der Waals surface area contributed by atoms with Gasteiger partial charge in [-0.15, -0.1) is 0 Å². The smallest absolute Gasteiger partial charge is 0.317 e. The van der Waals surface area contributed by atoms with Crippen LogP contribution in [0.25, 0.3) is 0 Å². The lowest BCUT2D eigenvalue weighted by Gasteiger charge is -2.26. The summed E-state index contributed by atoms with van der Waals surface area (Å²) < 4.78 is 0. The van der Waals surface area contributed by atoms with Crippen LogP contribution < -0.4 is 5.32 Å². The van der Waals surface area contributed by atoms with Crippen LogP contribution in [0.4, 0.5) is 10.5 Å². The van der Waals surface area contributed by atoms with Crippen molar-refractivity contribution in [2.45, 2.75) is 45.1 Å². The number of hydrogen-bond acceptors (Lipinski definition) is 2. The maximum Gasteiger partial charge on any atom is 0.322 e. The molecule has 1 fully saturated rings. The van der Waals surface area contributed by atoms with Gasteiger partial charge in [-0.05, 0) is 41.5 Å². The van der Waals surface area contributed by atoms with E-state index in [0.29, 0.717) is 0 Å². The summed E-state index contributed by atoms with van der Waals surface area (Å²) in [6.45, 7) is 7.44. The molecule has 1 N–H and O–H groups in total. The van der Waals surface area contributed by atoms with E-state index < -0.39 is 0 Å². The Morgan fingerprint density at radius 3 is 2.42 bits per heavy atom. The second-order valence-electron chi connectivity index (χ2n) is 7.39. The Kier molecular flexibility index (Phi) is 4.56. The molecule has 3 rings (SSSR count). The summed E-state index contributed by atoms with van der Waals surface area (Å²) in [5.41, 5.74) is 3.46. The first-order valence-corrected chi connectivity index (χ1v) is 8.53. The number of carbonyl (C=O) groups is 1. The van der Waals surface area contributed by atoms with Crippen LogP contribution in [0, 0.1) is 0 Å². The summed E-state index contributed by atoms with van der Waals surface area (Å²) in [5.74, 6) is 0. The van der Waals surface area contributed by atoms with Crippen molar-refractivity contribution in [2.24, 2.45) is 0 Å². The predicted molar refractivity (Wildman–Crippen MR) is 97.1 cm³/mol. The number of aromatic nitrogens is 1. The highest BCUT2D eigenvalue weighted by Crippen LogP contribution is 2.33.